The fraction of sp³-hybridized carbons (Fsp3) is 0.556. The average Bonchev–Trinajstić information content (AvgIpc) is 2.45. The zero-order valence-electron chi connectivity index (χ0n) is 8.11. The molecule has 1 aromatic rings. The van der Waals surface area contributed by atoms with Crippen LogP contribution in [0.1, 0.15) is 31.3 Å². The molecule has 0 fully saturated rings. The molecule has 0 spiro atoms. The minimum Gasteiger partial charge on any atom is -0.481 e. The van der Waals surface area contributed by atoms with Crippen molar-refractivity contribution in [3.63, 3.8) is 0 Å². The summed E-state index contributed by atoms with van der Waals surface area (Å²) in [5.74, 6) is -0.758. The third-order valence-corrected chi connectivity index (χ3v) is 2.24. The van der Waals surface area contributed by atoms with Gasteiger partial charge in [0.1, 0.15) is 11.7 Å². The fourth-order valence-corrected chi connectivity index (χ4v) is 1.30. The van der Waals surface area contributed by atoms with Crippen LogP contribution < -0.4 is 0 Å². The number of aliphatic carboxylic acids is 1. The third kappa shape index (κ3) is 1.71. The van der Waals surface area contributed by atoms with Crippen molar-refractivity contribution < 1.29 is 9.90 Å². The molecule has 0 aromatic carbocycles. The quantitative estimate of drug-likeness (QED) is 0.763. The number of carboxylic acid groups (broad SMARTS) is 1. The molecule has 1 rings (SSSR count). The maximum atomic E-state index is 10.7. The van der Waals surface area contributed by atoms with Gasteiger partial charge in [-0.2, -0.15) is 0 Å². The van der Waals surface area contributed by atoms with Gasteiger partial charge in [0.15, 0.2) is 0 Å². The molecule has 72 valence electrons. The van der Waals surface area contributed by atoms with E-state index in [1.807, 2.05) is 18.5 Å². The lowest BCUT2D eigenvalue weighted by Crippen LogP contribution is -2.13. The van der Waals surface area contributed by atoms with E-state index in [1.54, 1.807) is 13.1 Å². The highest BCUT2D eigenvalue weighted by molar-refractivity contribution is 5.74. The molecule has 0 aliphatic rings. The number of carbonyl (C=O) groups is 1. The largest absolute Gasteiger partial charge is 0.481 e. The molecule has 1 atom stereocenters. The highest BCUT2D eigenvalue weighted by Crippen LogP contribution is 2.14. The van der Waals surface area contributed by atoms with Gasteiger partial charge in [0.25, 0.3) is 0 Å². The summed E-state index contributed by atoms with van der Waals surface area (Å²) in [6, 6.07) is 0. The first-order valence-corrected chi connectivity index (χ1v) is 4.31. The Morgan fingerprint density at radius 2 is 2.38 bits per heavy atom. The van der Waals surface area contributed by atoms with Crippen LogP contribution in [-0.2, 0) is 18.3 Å². The van der Waals surface area contributed by atoms with Gasteiger partial charge in [0, 0.05) is 18.9 Å². The first-order chi connectivity index (χ1) is 6.07. The van der Waals surface area contributed by atoms with E-state index >= 15 is 0 Å². The Morgan fingerprint density at radius 3 is 2.77 bits per heavy atom. The van der Waals surface area contributed by atoms with Crippen molar-refractivity contribution in [3.8, 4) is 0 Å². The number of imidazole rings is 1. The number of aryl methyl sites for hydroxylation is 1. The van der Waals surface area contributed by atoms with Gasteiger partial charge < -0.3 is 9.67 Å². The van der Waals surface area contributed by atoms with Crippen LogP contribution in [0.5, 0.6) is 0 Å². The van der Waals surface area contributed by atoms with Crippen LogP contribution in [0, 0.1) is 0 Å². The summed E-state index contributed by atoms with van der Waals surface area (Å²) in [4.78, 5) is 14.8. The molecule has 1 heterocycles. The lowest BCUT2D eigenvalue weighted by atomic mass is 10.2. The minimum absolute atomic E-state index is 0.537. The van der Waals surface area contributed by atoms with Crippen molar-refractivity contribution in [3.05, 3.63) is 17.7 Å². The number of nitrogens with zero attached hydrogens (tertiary/aromatic N) is 2. The van der Waals surface area contributed by atoms with Gasteiger partial charge in [-0.3, -0.25) is 4.79 Å². The molecule has 0 radical (unpaired) electrons. The van der Waals surface area contributed by atoms with E-state index in [9.17, 15) is 4.79 Å². The molecule has 1 unspecified atom stereocenters. The van der Waals surface area contributed by atoms with Gasteiger partial charge in [-0.1, -0.05) is 6.92 Å². The second-order valence-corrected chi connectivity index (χ2v) is 3.08. The number of carboxylic acids is 1. The highest BCUT2D eigenvalue weighted by atomic mass is 16.4. The Labute approximate surface area is 77.2 Å². The molecule has 1 aromatic heterocycles. The van der Waals surface area contributed by atoms with Crippen LogP contribution in [0.3, 0.4) is 0 Å². The fourth-order valence-electron chi connectivity index (χ4n) is 1.30. The van der Waals surface area contributed by atoms with Gasteiger partial charge in [-0.15, -0.1) is 0 Å². The van der Waals surface area contributed by atoms with Crippen LogP contribution in [0.4, 0.5) is 0 Å². The number of aromatic nitrogens is 2. The molecule has 4 nitrogen and oxygen atoms in total. The van der Waals surface area contributed by atoms with Crippen LogP contribution in [-0.4, -0.2) is 20.6 Å². The zero-order chi connectivity index (χ0) is 10.0. The molecule has 1 N–H and O–H groups in total. The Bertz CT molecular complexity index is 317. The summed E-state index contributed by atoms with van der Waals surface area (Å²) in [7, 11) is 1.85. The molecule has 0 saturated heterocycles. The second-order valence-electron chi connectivity index (χ2n) is 3.08. The van der Waals surface area contributed by atoms with E-state index in [0.717, 1.165) is 12.1 Å². The van der Waals surface area contributed by atoms with Crippen molar-refractivity contribution >= 4 is 5.97 Å². The van der Waals surface area contributed by atoms with Crippen molar-refractivity contribution in [2.24, 2.45) is 7.05 Å². The molecule has 0 aliphatic heterocycles. The van der Waals surface area contributed by atoms with Crippen molar-refractivity contribution in [2.45, 2.75) is 26.2 Å². The lowest BCUT2D eigenvalue weighted by molar-refractivity contribution is -0.138. The van der Waals surface area contributed by atoms with Gasteiger partial charge in [-0.05, 0) is 13.3 Å². The highest BCUT2D eigenvalue weighted by Gasteiger charge is 2.19. The Hall–Kier alpha value is -1.32. The topological polar surface area (TPSA) is 55.1 Å². The van der Waals surface area contributed by atoms with E-state index in [1.165, 1.54) is 0 Å². The summed E-state index contributed by atoms with van der Waals surface area (Å²) >= 11 is 0. The molecular formula is C9H14N2O2. The minimum atomic E-state index is -0.837. The lowest BCUT2D eigenvalue weighted by Gasteiger charge is -2.07. The molecule has 0 aliphatic carbocycles. The molecule has 4 heteroatoms. The first-order valence-electron chi connectivity index (χ1n) is 4.31. The van der Waals surface area contributed by atoms with Gasteiger partial charge in [-0.25, -0.2) is 4.98 Å². The summed E-state index contributed by atoms with van der Waals surface area (Å²) in [5.41, 5.74) is 1.06. The number of hydrogen-bond acceptors (Lipinski definition) is 2. The van der Waals surface area contributed by atoms with E-state index in [2.05, 4.69) is 4.98 Å². The monoisotopic (exact) mass is 182 g/mol. The summed E-state index contributed by atoms with van der Waals surface area (Å²) in [6.45, 7) is 3.66. The summed E-state index contributed by atoms with van der Waals surface area (Å²) in [5, 5.41) is 8.79. The van der Waals surface area contributed by atoms with Crippen molar-refractivity contribution in [1.29, 1.82) is 0 Å². The van der Waals surface area contributed by atoms with Crippen LogP contribution in [0.25, 0.3) is 0 Å². The molecule has 0 saturated carbocycles. The predicted octanol–water partition coefficient (Wildman–Crippen LogP) is 1.17. The van der Waals surface area contributed by atoms with E-state index in [-0.39, 0.29) is 0 Å². The standard InChI is InChI=1S/C9H14N2O2/c1-4-7-5-10-8(11(7)3)6(2)9(12)13/h5-6H,4H2,1-3H3,(H,12,13). The second kappa shape index (κ2) is 3.60. The average molecular weight is 182 g/mol. The van der Waals surface area contributed by atoms with Gasteiger partial charge >= 0.3 is 5.97 Å². The SMILES string of the molecule is CCc1cnc(C(C)C(=O)O)n1C. The van der Waals surface area contributed by atoms with E-state index in [4.69, 9.17) is 5.11 Å². The smallest absolute Gasteiger partial charge is 0.313 e. The molecule has 13 heavy (non-hydrogen) atoms. The summed E-state index contributed by atoms with van der Waals surface area (Å²) < 4.78 is 1.85. The van der Waals surface area contributed by atoms with Crippen LogP contribution in [0.2, 0.25) is 0 Å². The first kappa shape index (κ1) is 9.77. The van der Waals surface area contributed by atoms with E-state index < -0.39 is 11.9 Å². The Kier molecular flexibility index (Phi) is 2.70. The summed E-state index contributed by atoms with van der Waals surface area (Å²) in [6.07, 6.45) is 2.60. The Morgan fingerprint density at radius 1 is 1.77 bits per heavy atom. The molecular weight excluding hydrogens is 168 g/mol. The van der Waals surface area contributed by atoms with Crippen LogP contribution in [0.15, 0.2) is 6.20 Å². The number of rotatable bonds is 3. The van der Waals surface area contributed by atoms with Gasteiger partial charge in [0.2, 0.25) is 0 Å². The van der Waals surface area contributed by atoms with Crippen molar-refractivity contribution in [1.82, 2.24) is 9.55 Å². The maximum Gasteiger partial charge on any atom is 0.313 e. The number of hydrogen-bond donors (Lipinski definition) is 1. The van der Waals surface area contributed by atoms with E-state index in [0.29, 0.717) is 5.82 Å². The van der Waals surface area contributed by atoms with Crippen molar-refractivity contribution in [2.75, 3.05) is 0 Å². The van der Waals surface area contributed by atoms with Crippen LogP contribution >= 0.6 is 0 Å². The Balaban J connectivity index is 3.02. The molecule has 0 bridgehead atoms. The zero-order valence-corrected chi connectivity index (χ0v) is 8.11. The predicted molar refractivity (Wildman–Crippen MR) is 48.6 cm³/mol. The molecule has 0 amide bonds. The maximum absolute atomic E-state index is 10.7. The normalized spacial score (nSPS) is 12.8. The van der Waals surface area contributed by atoms with Gasteiger partial charge in [0.05, 0.1) is 0 Å². The third-order valence-electron chi connectivity index (χ3n) is 2.24.